The molecule has 1 aliphatic rings. The first kappa shape index (κ1) is 12.3. The van der Waals surface area contributed by atoms with E-state index < -0.39 is 0 Å². The lowest BCUT2D eigenvalue weighted by Crippen LogP contribution is -2.43. The smallest absolute Gasteiger partial charge is 0.0641 e. The molecule has 0 amide bonds. The number of aromatic nitrogens is 2. The van der Waals surface area contributed by atoms with E-state index in [1.165, 1.54) is 5.56 Å². The Morgan fingerprint density at radius 3 is 3.18 bits per heavy atom. The first-order chi connectivity index (χ1) is 8.09. The van der Waals surface area contributed by atoms with Gasteiger partial charge < -0.3 is 10.1 Å². The van der Waals surface area contributed by atoms with Gasteiger partial charge in [-0.25, -0.2) is 4.68 Å². The van der Waals surface area contributed by atoms with E-state index in [4.69, 9.17) is 4.74 Å². The van der Waals surface area contributed by atoms with E-state index in [1.807, 2.05) is 12.4 Å². The Hall–Kier alpha value is -1.13. The summed E-state index contributed by atoms with van der Waals surface area (Å²) in [6.45, 7) is 9.68. The predicted molar refractivity (Wildman–Crippen MR) is 68.5 cm³/mol. The third-order valence-electron chi connectivity index (χ3n) is 3.13. The van der Waals surface area contributed by atoms with Crippen LogP contribution in [-0.4, -0.2) is 28.0 Å². The highest BCUT2D eigenvalue weighted by Gasteiger charge is 2.28. The number of ether oxygens (including phenoxy) is 1. The molecular formula is C13H21N3O. The summed E-state index contributed by atoms with van der Waals surface area (Å²) >= 11 is 0. The van der Waals surface area contributed by atoms with Crippen LogP contribution in [0.15, 0.2) is 19.0 Å². The minimum atomic E-state index is 0.00120. The normalized spacial score (nSPS) is 23.5. The van der Waals surface area contributed by atoms with Crippen molar-refractivity contribution in [3.8, 4) is 0 Å². The van der Waals surface area contributed by atoms with E-state index >= 15 is 0 Å². The van der Waals surface area contributed by atoms with Gasteiger partial charge in [0.1, 0.15) is 0 Å². The van der Waals surface area contributed by atoms with Gasteiger partial charge in [-0.3, -0.25) is 0 Å². The van der Waals surface area contributed by atoms with Gasteiger partial charge in [0.2, 0.25) is 0 Å². The third-order valence-corrected chi connectivity index (χ3v) is 3.13. The quantitative estimate of drug-likeness (QED) is 0.868. The monoisotopic (exact) mass is 235 g/mol. The minimum absolute atomic E-state index is 0.00120. The van der Waals surface area contributed by atoms with Gasteiger partial charge in [0.25, 0.3) is 0 Å². The average Bonchev–Trinajstić information content (AvgIpc) is 2.73. The van der Waals surface area contributed by atoms with Gasteiger partial charge in [0, 0.05) is 37.2 Å². The fraction of sp³-hybridized carbons (Fsp3) is 0.615. The number of rotatable bonds is 4. The van der Waals surface area contributed by atoms with Gasteiger partial charge in [0.05, 0.1) is 11.8 Å². The molecule has 0 spiro atoms. The van der Waals surface area contributed by atoms with Crippen molar-refractivity contribution in [1.29, 1.82) is 0 Å². The van der Waals surface area contributed by atoms with Crippen molar-refractivity contribution in [2.45, 2.75) is 44.9 Å². The van der Waals surface area contributed by atoms with Gasteiger partial charge in [-0.05, 0) is 26.7 Å². The summed E-state index contributed by atoms with van der Waals surface area (Å²) in [5.74, 6) is 0. The van der Waals surface area contributed by atoms with Crippen molar-refractivity contribution in [2.24, 2.45) is 0 Å². The van der Waals surface area contributed by atoms with Crippen LogP contribution in [0, 0.1) is 0 Å². The van der Waals surface area contributed by atoms with Gasteiger partial charge in [-0.1, -0.05) is 6.58 Å². The highest BCUT2D eigenvalue weighted by atomic mass is 16.5. The Morgan fingerprint density at radius 2 is 2.53 bits per heavy atom. The molecule has 2 rings (SSSR count). The second kappa shape index (κ2) is 5.02. The molecule has 2 heterocycles. The van der Waals surface area contributed by atoms with E-state index in [-0.39, 0.29) is 5.60 Å². The van der Waals surface area contributed by atoms with Crippen LogP contribution >= 0.6 is 0 Å². The largest absolute Gasteiger partial charge is 0.375 e. The summed E-state index contributed by atoms with van der Waals surface area (Å²) in [6.07, 6.45) is 7.70. The molecule has 1 N–H and O–H groups in total. The number of hydrogen-bond donors (Lipinski definition) is 1. The van der Waals surface area contributed by atoms with E-state index in [2.05, 4.69) is 30.8 Å². The van der Waals surface area contributed by atoms with Crippen LogP contribution < -0.4 is 5.32 Å². The molecule has 0 saturated carbocycles. The molecule has 4 heteroatoms. The predicted octanol–water partition coefficient (Wildman–Crippen LogP) is 2.03. The number of nitrogens with zero attached hydrogens (tertiary/aromatic N) is 2. The van der Waals surface area contributed by atoms with Crippen LogP contribution in [0.2, 0.25) is 0 Å². The van der Waals surface area contributed by atoms with Gasteiger partial charge in [0.15, 0.2) is 0 Å². The SMILES string of the molecule is C=Cn1cc(CNC2CCOC(C)(C)C2)cn1. The second-order valence-electron chi connectivity index (χ2n) is 5.19. The summed E-state index contributed by atoms with van der Waals surface area (Å²) in [7, 11) is 0. The van der Waals surface area contributed by atoms with E-state index in [0.717, 1.165) is 26.0 Å². The molecule has 17 heavy (non-hydrogen) atoms. The molecule has 0 bridgehead atoms. The molecule has 1 aromatic heterocycles. The van der Waals surface area contributed by atoms with Crippen molar-refractivity contribution in [2.75, 3.05) is 6.61 Å². The molecule has 0 aliphatic carbocycles. The lowest BCUT2D eigenvalue weighted by molar-refractivity contribution is -0.0630. The summed E-state index contributed by atoms with van der Waals surface area (Å²) < 4.78 is 7.43. The molecule has 1 atom stereocenters. The molecular weight excluding hydrogens is 214 g/mol. The van der Waals surface area contributed by atoms with Crippen molar-refractivity contribution < 1.29 is 4.74 Å². The lowest BCUT2D eigenvalue weighted by atomic mass is 9.94. The summed E-state index contributed by atoms with van der Waals surface area (Å²) in [4.78, 5) is 0. The van der Waals surface area contributed by atoms with E-state index in [9.17, 15) is 0 Å². The van der Waals surface area contributed by atoms with Crippen LogP contribution in [0.25, 0.3) is 6.20 Å². The van der Waals surface area contributed by atoms with Gasteiger partial charge in [-0.2, -0.15) is 5.10 Å². The fourth-order valence-electron chi connectivity index (χ4n) is 2.24. The maximum atomic E-state index is 5.70. The van der Waals surface area contributed by atoms with Crippen LogP contribution in [-0.2, 0) is 11.3 Å². The maximum Gasteiger partial charge on any atom is 0.0641 e. The van der Waals surface area contributed by atoms with Crippen molar-refractivity contribution >= 4 is 6.20 Å². The molecule has 1 aliphatic heterocycles. The lowest BCUT2D eigenvalue weighted by Gasteiger charge is -2.35. The zero-order valence-corrected chi connectivity index (χ0v) is 10.6. The Balaban J connectivity index is 1.83. The zero-order chi connectivity index (χ0) is 12.3. The minimum Gasteiger partial charge on any atom is -0.375 e. The van der Waals surface area contributed by atoms with Crippen molar-refractivity contribution in [3.63, 3.8) is 0 Å². The maximum absolute atomic E-state index is 5.70. The Morgan fingerprint density at radius 1 is 1.71 bits per heavy atom. The summed E-state index contributed by atoms with van der Waals surface area (Å²) in [5.41, 5.74) is 1.19. The van der Waals surface area contributed by atoms with E-state index in [0.29, 0.717) is 6.04 Å². The van der Waals surface area contributed by atoms with Crippen LogP contribution in [0.1, 0.15) is 32.3 Å². The van der Waals surface area contributed by atoms with E-state index in [1.54, 1.807) is 10.9 Å². The Kier molecular flexibility index (Phi) is 3.64. The third kappa shape index (κ3) is 3.41. The molecule has 1 fully saturated rings. The average molecular weight is 235 g/mol. The standard InChI is InChI=1S/C13H21N3O/c1-4-16-10-11(9-15-16)8-14-12-5-6-17-13(2,3)7-12/h4,9-10,12,14H,1,5-8H2,2-3H3. The van der Waals surface area contributed by atoms with Gasteiger partial charge in [-0.15, -0.1) is 0 Å². The number of nitrogens with one attached hydrogen (secondary N) is 1. The molecule has 1 unspecified atom stereocenters. The molecule has 1 aromatic rings. The molecule has 0 radical (unpaired) electrons. The topological polar surface area (TPSA) is 39.1 Å². The van der Waals surface area contributed by atoms with Gasteiger partial charge >= 0.3 is 0 Å². The second-order valence-corrected chi connectivity index (χ2v) is 5.19. The highest BCUT2D eigenvalue weighted by Crippen LogP contribution is 2.24. The Labute approximate surface area is 103 Å². The molecule has 1 saturated heterocycles. The first-order valence-corrected chi connectivity index (χ1v) is 6.12. The fourth-order valence-corrected chi connectivity index (χ4v) is 2.24. The van der Waals surface area contributed by atoms with Crippen LogP contribution in [0.5, 0.6) is 0 Å². The number of hydrogen-bond acceptors (Lipinski definition) is 3. The molecule has 4 nitrogen and oxygen atoms in total. The highest BCUT2D eigenvalue weighted by molar-refractivity contribution is 5.17. The van der Waals surface area contributed by atoms with Crippen LogP contribution in [0.3, 0.4) is 0 Å². The molecule has 0 aromatic carbocycles. The zero-order valence-electron chi connectivity index (χ0n) is 10.6. The summed E-state index contributed by atoms with van der Waals surface area (Å²) in [5, 5.41) is 7.72. The molecule has 94 valence electrons. The van der Waals surface area contributed by atoms with Crippen molar-refractivity contribution in [3.05, 3.63) is 24.5 Å². The summed E-state index contributed by atoms with van der Waals surface area (Å²) in [6, 6.07) is 0.533. The van der Waals surface area contributed by atoms with Crippen molar-refractivity contribution in [1.82, 2.24) is 15.1 Å². The Bertz CT molecular complexity index is 384. The first-order valence-electron chi connectivity index (χ1n) is 6.12. The van der Waals surface area contributed by atoms with Crippen LogP contribution in [0.4, 0.5) is 0 Å².